The van der Waals surface area contributed by atoms with Crippen LogP contribution >= 0.6 is 0 Å². The van der Waals surface area contributed by atoms with Gasteiger partial charge in [-0.15, -0.1) is 0 Å². The summed E-state index contributed by atoms with van der Waals surface area (Å²) in [5.74, 6) is 0.393. The van der Waals surface area contributed by atoms with E-state index in [-0.39, 0.29) is 23.3 Å². The summed E-state index contributed by atoms with van der Waals surface area (Å²) in [6, 6.07) is 43.5. The summed E-state index contributed by atoms with van der Waals surface area (Å²) in [6.07, 6.45) is 0. The molecule has 46 heavy (non-hydrogen) atoms. The third kappa shape index (κ3) is 6.37. The van der Waals surface area contributed by atoms with Crippen LogP contribution in [0, 0.1) is 0 Å². The van der Waals surface area contributed by atoms with Crippen LogP contribution in [0.15, 0.2) is 164 Å². The van der Waals surface area contributed by atoms with Gasteiger partial charge in [0.2, 0.25) is 0 Å². The van der Waals surface area contributed by atoms with Crippen LogP contribution in [0.4, 0.5) is 0 Å². The maximum Gasteiger partial charge on any atom is 0.160 e. The number of aromatic nitrogens is 2. The molecule has 6 aromatic carbocycles. The lowest BCUT2D eigenvalue weighted by Crippen LogP contribution is -2.37. The number of benzene rings is 6. The Morgan fingerprint density at radius 2 is 0.848 bits per heavy atom. The minimum absolute atomic E-state index is 0.0418. The van der Waals surface area contributed by atoms with Crippen molar-refractivity contribution in [2.75, 3.05) is 0 Å². The van der Waals surface area contributed by atoms with Crippen molar-refractivity contribution in [3.8, 4) is 67.3 Å². The van der Waals surface area contributed by atoms with E-state index in [1.54, 1.807) is 6.07 Å². The van der Waals surface area contributed by atoms with E-state index in [2.05, 4.69) is 98.5 Å². The first-order valence-corrected chi connectivity index (χ1v) is 18.9. The van der Waals surface area contributed by atoms with E-state index < -0.39 is 26.2 Å². The first-order chi connectivity index (χ1) is 24.5. The van der Waals surface area contributed by atoms with Crippen molar-refractivity contribution in [2.24, 2.45) is 0 Å². The van der Waals surface area contributed by atoms with Gasteiger partial charge in [0.25, 0.3) is 0 Å². The zero-order valence-corrected chi connectivity index (χ0v) is 27.1. The van der Waals surface area contributed by atoms with Crippen LogP contribution in [0.1, 0.15) is 6.85 Å². The fourth-order valence-electron chi connectivity index (χ4n) is 5.60. The van der Waals surface area contributed by atoms with E-state index in [4.69, 9.17) is 16.8 Å². The molecule has 0 bridgehead atoms. The summed E-state index contributed by atoms with van der Waals surface area (Å²) in [5, 5.41) is 1.44. The van der Waals surface area contributed by atoms with Gasteiger partial charge in [0.05, 0.1) is 26.3 Å². The molecule has 0 radical (unpaired) electrons. The van der Waals surface area contributed by atoms with Gasteiger partial charge in [-0.1, -0.05) is 164 Å². The van der Waals surface area contributed by atoms with Gasteiger partial charge in [-0.2, -0.15) is 0 Å². The molecule has 0 N–H and O–H groups in total. The maximum absolute atomic E-state index is 8.63. The van der Waals surface area contributed by atoms with Gasteiger partial charge < -0.3 is 0 Å². The first-order valence-electron chi connectivity index (χ1n) is 17.9. The minimum Gasteiger partial charge on any atom is -0.228 e. The molecule has 0 aliphatic carbocycles. The van der Waals surface area contributed by atoms with Crippen molar-refractivity contribution in [2.45, 2.75) is 19.6 Å². The lowest BCUT2D eigenvalue weighted by Gasteiger charge is -2.17. The number of nitrogens with zero attached hydrogens (tertiary/aromatic N) is 2. The summed E-state index contributed by atoms with van der Waals surface area (Å²) in [5.41, 5.74) is 9.12. The molecular formula is C43H36N2Si. The highest BCUT2D eigenvalue weighted by Crippen LogP contribution is 2.32. The van der Waals surface area contributed by atoms with E-state index in [0.717, 1.165) is 33.4 Å². The molecule has 0 spiro atoms. The van der Waals surface area contributed by atoms with Crippen molar-refractivity contribution in [1.82, 2.24) is 9.97 Å². The second-order valence-corrected chi connectivity index (χ2v) is 17.5. The molecule has 0 fully saturated rings. The highest BCUT2D eigenvalue weighted by atomic mass is 28.3. The van der Waals surface area contributed by atoms with E-state index >= 15 is 0 Å². The molecule has 0 atom stereocenters. The first kappa shape index (κ1) is 23.9. The lowest BCUT2D eigenvalue weighted by molar-refractivity contribution is 1.18. The highest BCUT2D eigenvalue weighted by Gasteiger charge is 2.17. The molecule has 2 nitrogen and oxygen atoms in total. The molecule has 3 heteroatoms. The van der Waals surface area contributed by atoms with Gasteiger partial charge in [0.1, 0.15) is 0 Å². The van der Waals surface area contributed by atoms with E-state index in [1.807, 2.05) is 48.5 Å². The second kappa shape index (κ2) is 12.5. The van der Waals surface area contributed by atoms with Crippen LogP contribution in [-0.4, -0.2) is 18.0 Å². The van der Waals surface area contributed by atoms with Crippen LogP contribution in [0.5, 0.6) is 0 Å². The van der Waals surface area contributed by atoms with Gasteiger partial charge in [-0.3, -0.25) is 0 Å². The number of hydrogen-bond acceptors (Lipinski definition) is 2. The zero-order valence-electron chi connectivity index (χ0n) is 31.1. The summed E-state index contributed by atoms with van der Waals surface area (Å²) in [6.45, 7) is 7.11. The van der Waals surface area contributed by atoms with Crippen LogP contribution in [0.3, 0.4) is 0 Å². The summed E-state index contributed by atoms with van der Waals surface area (Å²) in [7, 11) is -1.45. The van der Waals surface area contributed by atoms with E-state index in [0.29, 0.717) is 11.5 Å². The molecule has 0 unspecified atom stereocenters. The third-order valence-electron chi connectivity index (χ3n) is 8.13. The molecule has 0 saturated carbocycles. The molecule has 0 aliphatic rings. The Balaban J connectivity index is 1.30. The SMILES string of the molecule is [2H]c1c([2H])c([2H])c(-c2cc(-c3ccccc3)nc(-c3cccc(-c4cccc(-c5cccc(-c6cccc([Si](C)(C)C)c6)c5)c4)c3)n2)c([2H])c1[2H]. The van der Waals surface area contributed by atoms with Gasteiger partial charge in [0, 0.05) is 16.7 Å². The Bertz CT molecular complexity index is 2390. The zero-order chi connectivity index (χ0) is 35.9. The molecule has 222 valence electrons. The van der Waals surface area contributed by atoms with Crippen LogP contribution in [-0.2, 0) is 0 Å². The topological polar surface area (TPSA) is 25.8 Å². The van der Waals surface area contributed by atoms with Crippen molar-refractivity contribution in [3.63, 3.8) is 0 Å². The monoisotopic (exact) mass is 613 g/mol. The van der Waals surface area contributed by atoms with Crippen molar-refractivity contribution in [3.05, 3.63) is 164 Å². The predicted octanol–water partition coefficient (Wildman–Crippen LogP) is 11.0. The Labute approximate surface area is 280 Å². The van der Waals surface area contributed by atoms with Crippen molar-refractivity contribution >= 4 is 13.3 Å². The molecule has 7 rings (SSSR count). The normalized spacial score (nSPS) is 12.9. The average molecular weight is 614 g/mol. The standard InChI is InChI=1S/C43H36N2Si/c1-46(2,3)40-25-13-23-38(29-40)36-21-11-19-34(27-36)33-18-10-20-35(26-33)37-22-12-24-39(28-37)43-44-41(31-14-6-4-7-15-31)30-42(45-43)32-16-8-5-9-17-32/h4-30H,1-3H3/i4D,6D,7D,14D,15D. The molecule has 0 saturated heterocycles. The lowest BCUT2D eigenvalue weighted by atomic mass is 9.95. The highest BCUT2D eigenvalue weighted by molar-refractivity contribution is 6.88. The quantitative estimate of drug-likeness (QED) is 0.167. The van der Waals surface area contributed by atoms with Crippen molar-refractivity contribution < 1.29 is 6.85 Å². The maximum atomic E-state index is 8.63. The Morgan fingerprint density at radius 3 is 1.39 bits per heavy atom. The Morgan fingerprint density at radius 1 is 0.413 bits per heavy atom. The largest absolute Gasteiger partial charge is 0.228 e. The minimum atomic E-state index is -1.45. The Kier molecular flexibility index (Phi) is 6.53. The molecule has 1 heterocycles. The average Bonchev–Trinajstić information content (AvgIpc) is 3.16. The second-order valence-electron chi connectivity index (χ2n) is 12.4. The number of hydrogen-bond donors (Lipinski definition) is 0. The molecular weight excluding hydrogens is 573 g/mol. The molecule has 0 aliphatic heterocycles. The van der Waals surface area contributed by atoms with E-state index in [1.165, 1.54) is 16.3 Å². The Hall–Kier alpha value is -5.38. The molecule has 1 aromatic heterocycles. The van der Waals surface area contributed by atoms with Crippen LogP contribution in [0.2, 0.25) is 19.6 Å². The summed E-state index contributed by atoms with van der Waals surface area (Å²) < 4.78 is 41.8. The molecule has 0 amide bonds. The van der Waals surface area contributed by atoms with E-state index in [9.17, 15) is 0 Å². The van der Waals surface area contributed by atoms with Gasteiger partial charge in [0.15, 0.2) is 5.82 Å². The number of rotatable bonds is 7. The van der Waals surface area contributed by atoms with Gasteiger partial charge in [-0.05, 0) is 57.6 Å². The fraction of sp³-hybridized carbons (Fsp3) is 0.0698. The van der Waals surface area contributed by atoms with Crippen LogP contribution < -0.4 is 5.19 Å². The summed E-state index contributed by atoms with van der Waals surface area (Å²) >= 11 is 0. The molecule has 7 aromatic rings. The predicted molar refractivity (Wildman–Crippen MR) is 198 cm³/mol. The van der Waals surface area contributed by atoms with Gasteiger partial charge in [-0.25, -0.2) is 9.97 Å². The third-order valence-corrected chi connectivity index (χ3v) is 10.2. The van der Waals surface area contributed by atoms with Crippen LogP contribution in [0.25, 0.3) is 67.3 Å². The fourth-order valence-corrected chi connectivity index (χ4v) is 6.78. The summed E-state index contributed by atoms with van der Waals surface area (Å²) in [4.78, 5) is 9.73. The van der Waals surface area contributed by atoms with Crippen molar-refractivity contribution in [1.29, 1.82) is 0 Å². The van der Waals surface area contributed by atoms with Gasteiger partial charge >= 0.3 is 0 Å². The smallest absolute Gasteiger partial charge is 0.160 e.